The summed E-state index contributed by atoms with van der Waals surface area (Å²) in [7, 11) is 4.05. The summed E-state index contributed by atoms with van der Waals surface area (Å²) in [5, 5.41) is 0. The molecular formula is C10H14N2. The van der Waals surface area contributed by atoms with Gasteiger partial charge in [0.25, 0.3) is 0 Å². The van der Waals surface area contributed by atoms with E-state index in [4.69, 9.17) is 0 Å². The topological polar surface area (TPSA) is 15.6 Å². The molecule has 0 radical (unpaired) electrons. The van der Waals surface area contributed by atoms with Crippen LogP contribution in [0.4, 0.5) is 11.4 Å². The number of hydrogen-bond acceptors (Lipinski definition) is 2. The maximum absolute atomic E-state index is 3.90. The first-order valence-corrected chi connectivity index (χ1v) is 3.90. The standard InChI is InChI=1S/C10H14N2/c1-8-7-9(12(3)4)5-6-10(8)11-2/h5-7H,2H2,1,3-4H3. The van der Waals surface area contributed by atoms with Crippen molar-refractivity contribution in [3.05, 3.63) is 23.8 Å². The van der Waals surface area contributed by atoms with Crippen molar-refractivity contribution in [2.24, 2.45) is 4.99 Å². The van der Waals surface area contributed by atoms with Crippen molar-refractivity contribution in [2.75, 3.05) is 19.0 Å². The van der Waals surface area contributed by atoms with Crippen LogP contribution in [0, 0.1) is 6.92 Å². The van der Waals surface area contributed by atoms with Gasteiger partial charge in [-0.2, -0.15) is 0 Å². The molecule has 1 aromatic rings. The SMILES string of the molecule is C=Nc1ccc(N(C)C)cc1C. The molecule has 2 heteroatoms. The monoisotopic (exact) mass is 162 g/mol. The number of benzene rings is 1. The summed E-state index contributed by atoms with van der Waals surface area (Å²) in [4.78, 5) is 5.97. The van der Waals surface area contributed by atoms with Crippen molar-refractivity contribution in [1.82, 2.24) is 0 Å². The van der Waals surface area contributed by atoms with E-state index in [0.29, 0.717) is 0 Å². The number of rotatable bonds is 2. The molecular weight excluding hydrogens is 148 g/mol. The van der Waals surface area contributed by atoms with Gasteiger partial charge >= 0.3 is 0 Å². The Balaban J connectivity index is 3.10. The van der Waals surface area contributed by atoms with Crippen LogP contribution in [0.15, 0.2) is 23.2 Å². The van der Waals surface area contributed by atoms with E-state index in [1.54, 1.807) is 0 Å². The summed E-state index contributed by atoms with van der Waals surface area (Å²) in [5.41, 5.74) is 3.32. The zero-order chi connectivity index (χ0) is 9.14. The molecule has 1 aromatic carbocycles. The molecule has 0 unspecified atom stereocenters. The van der Waals surface area contributed by atoms with Gasteiger partial charge in [0.05, 0.1) is 5.69 Å². The van der Waals surface area contributed by atoms with Crippen LogP contribution in [-0.2, 0) is 0 Å². The van der Waals surface area contributed by atoms with E-state index < -0.39 is 0 Å². The Morgan fingerprint density at radius 1 is 1.33 bits per heavy atom. The van der Waals surface area contributed by atoms with E-state index >= 15 is 0 Å². The maximum atomic E-state index is 3.90. The normalized spacial score (nSPS) is 9.58. The molecule has 0 aliphatic heterocycles. The van der Waals surface area contributed by atoms with E-state index in [-0.39, 0.29) is 0 Å². The second-order valence-corrected chi connectivity index (χ2v) is 3.02. The first-order chi connectivity index (χ1) is 5.65. The molecule has 0 spiro atoms. The van der Waals surface area contributed by atoms with Crippen molar-refractivity contribution in [2.45, 2.75) is 6.92 Å². The predicted octanol–water partition coefficient (Wildman–Crippen LogP) is 2.39. The van der Waals surface area contributed by atoms with Crippen molar-refractivity contribution < 1.29 is 0 Å². The van der Waals surface area contributed by atoms with Crippen LogP contribution < -0.4 is 4.90 Å². The Morgan fingerprint density at radius 3 is 2.42 bits per heavy atom. The number of aliphatic imine (C=N–C) groups is 1. The Morgan fingerprint density at radius 2 is 2.00 bits per heavy atom. The molecule has 0 atom stereocenters. The summed E-state index contributed by atoms with van der Waals surface area (Å²) >= 11 is 0. The van der Waals surface area contributed by atoms with Crippen molar-refractivity contribution in [1.29, 1.82) is 0 Å². The highest BCUT2D eigenvalue weighted by Crippen LogP contribution is 2.22. The van der Waals surface area contributed by atoms with Crippen LogP contribution in [0.25, 0.3) is 0 Å². The fraction of sp³-hybridized carbons (Fsp3) is 0.300. The van der Waals surface area contributed by atoms with E-state index in [1.807, 2.05) is 33.2 Å². The second-order valence-electron chi connectivity index (χ2n) is 3.02. The molecule has 0 aliphatic rings. The minimum atomic E-state index is 0.959. The summed E-state index contributed by atoms with van der Waals surface area (Å²) in [5.74, 6) is 0. The minimum absolute atomic E-state index is 0.959. The molecule has 2 nitrogen and oxygen atoms in total. The molecule has 0 saturated carbocycles. The van der Waals surface area contributed by atoms with E-state index in [1.165, 1.54) is 5.69 Å². The average molecular weight is 162 g/mol. The molecule has 0 saturated heterocycles. The van der Waals surface area contributed by atoms with Crippen LogP contribution in [0.5, 0.6) is 0 Å². The highest BCUT2D eigenvalue weighted by molar-refractivity contribution is 5.59. The Bertz CT molecular complexity index is 290. The quantitative estimate of drug-likeness (QED) is 0.610. The predicted molar refractivity (Wildman–Crippen MR) is 54.7 cm³/mol. The molecule has 0 amide bonds. The van der Waals surface area contributed by atoms with Crippen LogP contribution in [0.1, 0.15) is 5.56 Å². The first-order valence-electron chi connectivity index (χ1n) is 3.90. The fourth-order valence-electron chi connectivity index (χ4n) is 1.10. The molecule has 0 aliphatic carbocycles. The highest BCUT2D eigenvalue weighted by Gasteiger charge is 1.98. The van der Waals surface area contributed by atoms with Crippen molar-refractivity contribution in [3.63, 3.8) is 0 Å². The number of anilines is 1. The van der Waals surface area contributed by atoms with Crippen LogP contribution in [0.2, 0.25) is 0 Å². The molecule has 12 heavy (non-hydrogen) atoms. The smallest absolute Gasteiger partial charge is 0.0653 e. The Kier molecular flexibility index (Phi) is 2.48. The van der Waals surface area contributed by atoms with Gasteiger partial charge in [-0.3, -0.25) is 4.99 Å². The van der Waals surface area contributed by atoms with E-state index in [2.05, 4.69) is 22.7 Å². The van der Waals surface area contributed by atoms with Gasteiger partial charge in [0.1, 0.15) is 0 Å². The third-order valence-electron chi connectivity index (χ3n) is 1.87. The number of hydrogen-bond donors (Lipinski definition) is 0. The molecule has 1 rings (SSSR count). The van der Waals surface area contributed by atoms with Gasteiger partial charge in [0, 0.05) is 19.8 Å². The number of nitrogens with zero attached hydrogens (tertiary/aromatic N) is 2. The van der Waals surface area contributed by atoms with Gasteiger partial charge in [-0.05, 0) is 37.4 Å². The summed E-state index contributed by atoms with van der Waals surface area (Å²) in [6.45, 7) is 5.54. The third kappa shape index (κ3) is 1.64. The van der Waals surface area contributed by atoms with E-state index in [0.717, 1.165) is 11.3 Å². The summed E-state index contributed by atoms with van der Waals surface area (Å²) in [6.07, 6.45) is 0. The Hall–Kier alpha value is -1.31. The van der Waals surface area contributed by atoms with Gasteiger partial charge in [-0.25, -0.2) is 0 Å². The molecule has 0 N–H and O–H groups in total. The average Bonchev–Trinajstić information content (AvgIpc) is 2.04. The molecule has 0 aromatic heterocycles. The van der Waals surface area contributed by atoms with Crippen LogP contribution in [0.3, 0.4) is 0 Å². The van der Waals surface area contributed by atoms with Crippen LogP contribution in [-0.4, -0.2) is 20.8 Å². The first kappa shape index (κ1) is 8.78. The van der Waals surface area contributed by atoms with Crippen molar-refractivity contribution in [3.8, 4) is 0 Å². The summed E-state index contributed by atoms with van der Waals surface area (Å²) < 4.78 is 0. The molecule has 0 fully saturated rings. The molecule has 0 heterocycles. The molecule has 0 bridgehead atoms. The largest absolute Gasteiger partial charge is 0.378 e. The van der Waals surface area contributed by atoms with Gasteiger partial charge < -0.3 is 4.90 Å². The minimum Gasteiger partial charge on any atom is -0.378 e. The van der Waals surface area contributed by atoms with Crippen LogP contribution >= 0.6 is 0 Å². The lowest BCUT2D eigenvalue weighted by Crippen LogP contribution is -2.08. The lowest BCUT2D eigenvalue weighted by molar-refractivity contribution is 1.13. The van der Waals surface area contributed by atoms with Gasteiger partial charge in [0.2, 0.25) is 0 Å². The zero-order valence-electron chi connectivity index (χ0n) is 7.83. The Labute approximate surface area is 73.5 Å². The second kappa shape index (κ2) is 3.39. The highest BCUT2D eigenvalue weighted by atomic mass is 15.1. The van der Waals surface area contributed by atoms with E-state index in [9.17, 15) is 0 Å². The summed E-state index contributed by atoms with van der Waals surface area (Å²) in [6, 6.07) is 6.12. The lowest BCUT2D eigenvalue weighted by Gasteiger charge is -2.13. The van der Waals surface area contributed by atoms with Gasteiger partial charge in [-0.1, -0.05) is 0 Å². The van der Waals surface area contributed by atoms with Gasteiger partial charge in [0.15, 0.2) is 0 Å². The fourth-order valence-corrected chi connectivity index (χ4v) is 1.10. The van der Waals surface area contributed by atoms with Crippen molar-refractivity contribution >= 4 is 18.1 Å². The number of aryl methyl sites for hydroxylation is 1. The zero-order valence-corrected chi connectivity index (χ0v) is 7.83. The van der Waals surface area contributed by atoms with Gasteiger partial charge in [-0.15, -0.1) is 0 Å². The lowest BCUT2D eigenvalue weighted by atomic mass is 10.2. The third-order valence-corrected chi connectivity index (χ3v) is 1.87. The molecule has 64 valence electrons. The maximum Gasteiger partial charge on any atom is 0.0653 e.